The standard InChI is InChI=1S/C26H25N3O2/c1-26(2,3)20-9-11-21(12-10-20)28-18-19(17-27)25(30)29-22-13-15-24(16-14-22)31-23-7-5-4-6-8-23/h4-16,18,28H,1-3H3,(H,29,30)/b19-18-. The highest BCUT2D eigenvalue weighted by molar-refractivity contribution is 6.06. The van der Waals surface area contributed by atoms with Gasteiger partial charge in [0.2, 0.25) is 0 Å². The fraction of sp³-hybridized carbons (Fsp3) is 0.154. The SMILES string of the molecule is CC(C)(C)c1ccc(N/C=C(/C#N)C(=O)Nc2ccc(Oc3ccccc3)cc2)cc1. The van der Waals surface area contributed by atoms with Gasteiger partial charge < -0.3 is 15.4 Å². The fourth-order valence-electron chi connectivity index (χ4n) is 2.80. The van der Waals surface area contributed by atoms with Gasteiger partial charge in [0.1, 0.15) is 23.1 Å². The van der Waals surface area contributed by atoms with Crippen LogP contribution in [-0.2, 0) is 10.2 Å². The van der Waals surface area contributed by atoms with Crippen LogP contribution in [0.4, 0.5) is 11.4 Å². The molecule has 5 nitrogen and oxygen atoms in total. The van der Waals surface area contributed by atoms with E-state index < -0.39 is 5.91 Å². The molecule has 0 atom stereocenters. The van der Waals surface area contributed by atoms with Gasteiger partial charge in [-0.2, -0.15) is 5.26 Å². The van der Waals surface area contributed by atoms with E-state index in [1.54, 1.807) is 24.3 Å². The van der Waals surface area contributed by atoms with E-state index in [0.717, 1.165) is 11.4 Å². The molecule has 0 fully saturated rings. The summed E-state index contributed by atoms with van der Waals surface area (Å²) >= 11 is 0. The molecule has 0 bridgehead atoms. The van der Waals surface area contributed by atoms with E-state index >= 15 is 0 Å². The third-order valence-electron chi connectivity index (χ3n) is 4.59. The van der Waals surface area contributed by atoms with Gasteiger partial charge in [-0.15, -0.1) is 0 Å². The molecule has 3 rings (SSSR count). The Kier molecular flexibility index (Phi) is 6.74. The van der Waals surface area contributed by atoms with Crippen LogP contribution in [0.1, 0.15) is 26.3 Å². The molecule has 0 radical (unpaired) electrons. The number of ether oxygens (including phenoxy) is 1. The first-order chi connectivity index (χ1) is 14.8. The molecule has 2 N–H and O–H groups in total. The normalized spacial score (nSPS) is 11.4. The lowest BCUT2D eigenvalue weighted by Crippen LogP contribution is -2.14. The van der Waals surface area contributed by atoms with E-state index in [1.165, 1.54) is 11.8 Å². The highest BCUT2D eigenvalue weighted by atomic mass is 16.5. The predicted octanol–water partition coefficient (Wildman–Crippen LogP) is 6.23. The van der Waals surface area contributed by atoms with Gasteiger partial charge in [-0.25, -0.2) is 0 Å². The van der Waals surface area contributed by atoms with E-state index in [9.17, 15) is 10.1 Å². The Bertz CT molecular complexity index is 1090. The molecular formula is C26H25N3O2. The number of carbonyl (C=O) groups excluding carboxylic acids is 1. The van der Waals surface area contributed by atoms with Crippen LogP contribution >= 0.6 is 0 Å². The highest BCUT2D eigenvalue weighted by Gasteiger charge is 2.13. The van der Waals surface area contributed by atoms with Crippen LogP contribution in [0.5, 0.6) is 11.5 Å². The van der Waals surface area contributed by atoms with E-state index in [2.05, 4.69) is 31.4 Å². The van der Waals surface area contributed by atoms with Crippen molar-refractivity contribution in [1.82, 2.24) is 0 Å². The maximum absolute atomic E-state index is 12.5. The summed E-state index contributed by atoms with van der Waals surface area (Å²) in [4.78, 5) is 12.5. The zero-order chi connectivity index (χ0) is 22.3. The van der Waals surface area contributed by atoms with Crippen LogP contribution in [0.2, 0.25) is 0 Å². The van der Waals surface area contributed by atoms with Gasteiger partial charge in [0.05, 0.1) is 0 Å². The van der Waals surface area contributed by atoms with Crippen LogP contribution in [0.15, 0.2) is 90.6 Å². The number of para-hydroxylation sites is 1. The monoisotopic (exact) mass is 411 g/mol. The number of rotatable bonds is 6. The zero-order valence-corrected chi connectivity index (χ0v) is 17.8. The van der Waals surface area contributed by atoms with Crippen LogP contribution in [0, 0.1) is 11.3 Å². The van der Waals surface area contributed by atoms with Crippen LogP contribution < -0.4 is 15.4 Å². The van der Waals surface area contributed by atoms with Gasteiger partial charge in [-0.1, -0.05) is 51.1 Å². The molecular weight excluding hydrogens is 386 g/mol. The smallest absolute Gasteiger partial charge is 0.267 e. The molecule has 1 amide bonds. The van der Waals surface area contributed by atoms with E-state index in [1.807, 2.05) is 60.7 Å². The molecule has 0 unspecified atom stereocenters. The summed E-state index contributed by atoms with van der Waals surface area (Å²) in [5, 5.41) is 15.1. The number of nitrogens with one attached hydrogen (secondary N) is 2. The molecule has 3 aromatic carbocycles. The number of hydrogen-bond donors (Lipinski definition) is 2. The predicted molar refractivity (Wildman–Crippen MR) is 124 cm³/mol. The number of carbonyl (C=O) groups is 1. The van der Waals surface area contributed by atoms with Crippen molar-refractivity contribution in [3.63, 3.8) is 0 Å². The van der Waals surface area contributed by atoms with Gasteiger partial charge in [-0.3, -0.25) is 4.79 Å². The summed E-state index contributed by atoms with van der Waals surface area (Å²) in [5.74, 6) is 0.897. The van der Waals surface area contributed by atoms with Crippen molar-refractivity contribution in [2.45, 2.75) is 26.2 Å². The van der Waals surface area contributed by atoms with Crippen molar-refractivity contribution in [3.05, 3.63) is 96.2 Å². The van der Waals surface area contributed by atoms with Gasteiger partial charge in [0, 0.05) is 17.6 Å². The molecule has 31 heavy (non-hydrogen) atoms. The van der Waals surface area contributed by atoms with E-state index in [-0.39, 0.29) is 11.0 Å². The van der Waals surface area contributed by atoms with Crippen molar-refractivity contribution in [2.24, 2.45) is 0 Å². The number of amides is 1. The first-order valence-electron chi connectivity index (χ1n) is 9.97. The van der Waals surface area contributed by atoms with Gasteiger partial charge >= 0.3 is 0 Å². The first-order valence-corrected chi connectivity index (χ1v) is 9.97. The van der Waals surface area contributed by atoms with Crippen molar-refractivity contribution in [1.29, 1.82) is 5.26 Å². The molecule has 156 valence electrons. The van der Waals surface area contributed by atoms with Crippen molar-refractivity contribution in [2.75, 3.05) is 10.6 Å². The molecule has 0 saturated carbocycles. The molecule has 0 aliphatic carbocycles. The minimum absolute atomic E-state index is 0.0236. The minimum atomic E-state index is -0.488. The molecule has 0 aliphatic heterocycles. The molecule has 0 aromatic heterocycles. The molecule has 5 heteroatoms. The van der Waals surface area contributed by atoms with Crippen molar-refractivity contribution >= 4 is 17.3 Å². The molecule has 0 heterocycles. The molecule has 0 saturated heterocycles. The summed E-state index contributed by atoms with van der Waals surface area (Å²) < 4.78 is 5.74. The third-order valence-corrected chi connectivity index (χ3v) is 4.59. The van der Waals surface area contributed by atoms with Crippen molar-refractivity contribution < 1.29 is 9.53 Å². The van der Waals surface area contributed by atoms with Crippen LogP contribution in [0.3, 0.4) is 0 Å². The lowest BCUT2D eigenvalue weighted by Gasteiger charge is -2.19. The van der Waals surface area contributed by atoms with Gasteiger partial charge in [-0.05, 0) is 59.5 Å². The average Bonchev–Trinajstić information content (AvgIpc) is 2.76. The number of anilines is 2. The second-order valence-corrected chi connectivity index (χ2v) is 8.04. The van der Waals surface area contributed by atoms with E-state index in [0.29, 0.717) is 11.4 Å². The highest BCUT2D eigenvalue weighted by Crippen LogP contribution is 2.24. The maximum atomic E-state index is 12.5. The van der Waals surface area contributed by atoms with Gasteiger partial charge in [0.25, 0.3) is 5.91 Å². The summed E-state index contributed by atoms with van der Waals surface area (Å²) in [6, 6.07) is 26.2. The maximum Gasteiger partial charge on any atom is 0.267 e. The third kappa shape index (κ3) is 6.22. The largest absolute Gasteiger partial charge is 0.457 e. The second-order valence-electron chi connectivity index (χ2n) is 8.04. The Hall–Kier alpha value is -4.04. The summed E-state index contributed by atoms with van der Waals surface area (Å²) in [7, 11) is 0. The topological polar surface area (TPSA) is 74.2 Å². The molecule has 3 aromatic rings. The summed E-state index contributed by atoms with van der Waals surface area (Å²) in [6.07, 6.45) is 1.41. The molecule has 0 spiro atoms. The van der Waals surface area contributed by atoms with Crippen LogP contribution in [0.25, 0.3) is 0 Å². The fourth-order valence-corrected chi connectivity index (χ4v) is 2.80. The minimum Gasteiger partial charge on any atom is -0.457 e. The zero-order valence-electron chi connectivity index (χ0n) is 17.8. The Morgan fingerprint density at radius 2 is 1.45 bits per heavy atom. The van der Waals surface area contributed by atoms with Gasteiger partial charge in [0.15, 0.2) is 0 Å². The number of nitriles is 1. The Morgan fingerprint density at radius 3 is 2.03 bits per heavy atom. The van der Waals surface area contributed by atoms with Crippen molar-refractivity contribution in [3.8, 4) is 17.6 Å². The summed E-state index contributed by atoms with van der Waals surface area (Å²) in [6.45, 7) is 6.44. The number of benzene rings is 3. The lowest BCUT2D eigenvalue weighted by molar-refractivity contribution is -0.112. The number of hydrogen-bond acceptors (Lipinski definition) is 4. The van der Waals surface area contributed by atoms with E-state index in [4.69, 9.17) is 4.74 Å². The summed E-state index contributed by atoms with van der Waals surface area (Å²) in [5.41, 5.74) is 2.62. The van der Waals surface area contributed by atoms with Crippen LogP contribution in [-0.4, -0.2) is 5.91 Å². The number of nitrogens with zero attached hydrogens (tertiary/aromatic N) is 1. The average molecular weight is 412 g/mol. The quantitative estimate of drug-likeness (QED) is 0.372. The molecule has 0 aliphatic rings. The first kappa shape index (κ1) is 21.7. The Balaban J connectivity index is 1.61. The lowest BCUT2D eigenvalue weighted by atomic mass is 9.87. The Morgan fingerprint density at radius 1 is 0.871 bits per heavy atom. The Labute approximate surface area is 183 Å². The second kappa shape index (κ2) is 9.64.